The van der Waals surface area contributed by atoms with Crippen LogP contribution >= 0.6 is 15.9 Å². The molecular weight excluding hydrogens is 206 g/mol. The van der Waals surface area contributed by atoms with Crippen molar-refractivity contribution >= 4 is 26.6 Å². The van der Waals surface area contributed by atoms with Gasteiger partial charge in [-0.1, -0.05) is 13.2 Å². The summed E-state index contributed by atoms with van der Waals surface area (Å²) in [5.41, 5.74) is 0. The van der Waals surface area contributed by atoms with Gasteiger partial charge in [0, 0.05) is 6.20 Å². The van der Waals surface area contributed by atoms with E-state index < -0.39 is 0 Å². The first-order chi connectivity index (χ1) is 5.15. The van der Waals surface area contributed by atoms with Crippen molar-refractivity contribution in [3.8, 4) is 0 Å². The van der Waals surface area contributed by atoms with E-state index in [9.17, 15) is 0 Å². The molecule has 0 N–H and O–H groups in total. The minimum Gasteiger partial charge on any atom is -0.220 e. The smallest absolute Gasteiger partial charge is 0.169 e. The van der Waals surface area contributed by atoms with E-state index in [0.29, 0.717) is 16.1 Å². The van der Waals surface area contributed by atoms with Crippen LogP contribution in [-0.2, 0) is 0 Å². The van der Waals surface area contributed by atoms with Crippen LogP contribution < -0.4 is 0 Å². The van der Waals surface area contributed by atoms with Gasteiger partial charge in [0.1, 0.15) is 5.82 Å². The normalized spacial score (nSPS) is 9.64. The molecule has 0 aliphatic heterocycles. The third kappa shape index (κ3) is 1.57. The summed E-state index contributed by atoms with van der Waals surface area (Å²) in [6.07, 6.45) is 1.59. The predicted octanol–water partition coefficient (Wildman–Crippen LogP) is 2.05. The number of aryl methyl sites for hydroxylation is 1. The molecule has 1 rings (SSSR count). The van der Waals surface area contributed by atoms with Crippen LogP contribution in [0.15, 0.2) is 13.2 Å². The van der Waals surface area contributed by atoms with E-state index in [1.165, 1.54) is 0 Å². The number of aromatic nitrogens is 3. The molecule has 4 heteroatoms. The highest BCUT2D eigenvalue weighted by atomic mass is 79.9. The summed E-state index contributed by atoms with van der Waals surface area (Å²) < 4.78 is 2.28. The van der Waals surface area contributed by atoms with Gasteiger partial charge in [-0.2, -0.15) is 5.10 Å². The number of halogens is 1. The van der Waals surface area contributed by atoms with Crippen molar-refractivity contribution in [2.24, 2.45) is 0 Å². The highest BCUT2D eigenvalue weighted by molar-refractivity contribution is 9.15. The molecule has 1 heterocycles. The summed E-state index contributed by atoms with van der Waals surface area (Å²) in [5.74, 6) is 1.40. The molecule has 0 amide bonds. The molecule has 0 saturated carbocycles. The molecule has 0 spiro atoms. The number of nitrogens with zero attached hydrogens (tertiary/aromatic N) is 3. The molecule has 0 bridgehead atoms. The molecule has 0 unspecified atom stereocenters. The lowest BCUT2D eigenvalue weighted by Gasteiger charge is -1.94. The van der Waals surface area contributed by atoms with E-state index in [1.54, 1.807) is 10.9 Å². The van der Waals surface area contributed by atoms with E-state index in [-0.39, 0.29) is 0 Å². The average molecular weight is 214 g/mol. The first kappa shape index (κ1) is 8.20. The van der Waals surface area contributed by atoms with Gasteiger partial charge in [-0.15, -0.1) is 0 Å². The molecule has 0 aromatic carbocycles. The van der Waals surface area contributed by atoms with E-state index in [4.69, 9.17) is 0 Å². The lowest BCUT2D eigenvalue weighted by molar-refractivity contribution is 0.904. The molecule has 0 fully saturated rings. The second-order valence-electron chi connectivity index (χ2n) is 2.01. The molecular formula is C7H8BrN3. The van der Waals surface area contributed by atoms with E-state index in [1.807, 2.05) is 6.92 Å². The van der Waals surface area contributed by atoms with Crippen molar-refractivity contribution in [3.05, 3.63) is 24.8 Å². The second-order valence-corrected chi connectivity index (χ2v) is 2.97. The largest absolute Gasteiger partial charge is 0.220 e. The monoisotopic (exact) mass is 213 g/mol. The molecule has 1 aromatic heterocycles. The Hall–Kier alpha value is -0.900. The van der Waals surface area contributed by atoms with Gasteiger partial charge >= 0.3 is 0 Å². The first-order valence-electron chi connectivity index (χ1n) is 3.05. The number of hydrogen-bond acceptors (Lipinski definition) is 2. The van der Waals surface area contributed by atoms with Gasteiger partial charge in [0.15, 0.2) is 5.82 Å². The topological polar surface area (TPSA) is 30.7 Å². The Morgan fingerprint density at radius 1 is 1.73 bits per heavy atom. The van der Waals surface area contributed by atoms with Gasteiger partial charge in [0.25, 0.3) is 0 Å². The van der Waals surface area contributed by atoms with Crippen molar-refractivity contribution in [3.63, 3.8) is 0 Å². The van der Waals surface area contributed by atoms with Crippen molar-refractivity contribution in [1.82, 2.24) is 14.8 Å². The summed E-state index contributed by atoms with van der Waals surface area (Å²) in [7, 11) is 0. The van der Waals surface area contributed by atoms with E-state index in [0.717, 1.165) is 0 Å². The standard InChI is InChI=1S/C7H8BrN3/c1-4-11-7(5(2)8)9-6(3)10-11/h4H,1-2H2,3H3. The molecule has 0 aliphatic rings. The molecule has 0 atom stereocenters. The van der Waals surface area contributed by atoms with E-state index in [2.05, 4.69) is 39.2 Å². The van der Waals surface area contributed by atoms with Gasteiger partial charge in [-0.05, 0) is 22.9 Å². The summed E-state index contributed by atoms with van der Waals surface area (Å²) >= 11 is 3.22. The second kappa shape index (κ2) is 3.00. The fourth-order valence-corrected chi connectivity index (χ4v) is 1.01. The SMILES string of the molecule is C=Cn1nc(C)nc1C(=C)Br. The van der Waals surface area contributed by atoms with Crippen LogP contribution in [0, 0.1) is 6.92 Å². The van der Waals surface area contributed by atoms with Crippen LogP contribution in [0.2, 0.25) is 0 Å². The van der Waals surface area contributed by atoms with Gasteiger partial charge in [0.2, 0.25) is 0 Å². The van der Waals surface area contributed by atoms with Gasteiger partial charge in [-0.25, -0.2) is 9.67 Å². The van der Waals surface area contributed by atoms with Gasteiger partial charge in [0.05, 0.1) is 4.48 Å². The zero-order valence-corrected chi connectivity index (χ0v) is 7.80. The summed E-state index contributed by atoms with van der Waals surface area (Å²) in [4.78, 5) is 4.12. The highest BCUT2D eigenvalue weighted by Crippen LogP contribution is 2.16. The Morgan fingerprint density at radius 3 is 2.73 bits per heavy atom. The summed E-state index contributed by atoms with van der Waals surface area (Å²) in [6.45, 7) is 9.10. The fraction of sp³-hybridized carbons (Fsp3) is 0.143. The molecule has 58 valence electrons. The van der Waals surface area contributed by atoms with E-state index >= 15 is 0 Å². The third-order valence-corrected chi connectivity index (χ3v) is 1.51. The summed E-state index contributed by atoms with van der Waals surface area (Å²) in [6, 6.07) is 0. The predicted molar refractivity (Wildman–Crippen MR) is 49.1 cm³/mol. The minimum absolute atomic E-state index is 0.692. The maximum absolute atomic E-state index is 4.12. The molecule has 3 nitrogen and oxygen atoms in total. The lowest BCUT2D eigenvalue weighted by Crippen LogP contribution is -1.92. The Morgan fingerprint density at radius 2 is 2.36 bits per heavy atom. The minimum atomic E-state index is 0.692. The van der Waals surface area contributed by atoms with Crippen LogP contribution in [0.25, 0.3) is 10.7 Å². The molecule has 11 heavy (non-hydrogen) atoms. The quantitative estimate of drug-likeness (QED) is 0.754. The zero-order valence-electron chi connectivity index (χ0n) is 6.21. The van der Waals surface area contributed by atoms with Crippen LogP contribution in [-0.4, -0.2) is 14.8 Å². The Kier molecular flexibility index (Phi) is 2.24. The lowest BCUT2D eigenvalue weighted by atomic mass is 10.6. The molecule has 0 saturated heterocycles. The number of hydrogen-bond donors (Lipinski definition) is 0. The van der Waals surface area contributed by atoms with Crippen LogP contribution in [0.1, 0.15) is 11.6 Å². The Labute approximate surface area is 73.6 Å². The summed E-state index contributed by atoms with van der Waals surface area (Å²) in [5, 5.41) is 4.05. The number of rotatable bonds is 2. The first-order valence-corrected chi connectivity index (χ1v) is 3.85. The third-order valence-electron chi connectivity index (χ3n) is 1.15. The van der Waals surface area contributed by atoms with Crippen molar-refractivity contribution in [1.29, 1.82) is 0 Å². The maximum Gasteiger partial charge on any atom is 0.169 e. The Bertz CT molecular complexity index is 301. The highest BCUT2D eigenvalue weighted by Gasteiger charge is 2.04. The van der Waals surface area contributed by atoms with Gasteiger partial charge < -0.3 is 0 Å². The Balaban J connectivity index is 3.22. The fourth-order valence-electron chi connectivity index (χ4n) is 0.742. The molecule has 0 aliphatic carbocycles. The van der Waals surface area contributed by atoms with Crippen LogP contribution in [0.4, 0.5) is 0 Å². The van der Waals surface area contributed by atoms with Crippen molar-refractivity contribution < 1.29 is 0 Å². The van der Waals surface area contributed by atoms with Crippen LogP contribution in [0.3, 0.4) is 0 Å². The van der Waals surface area contributed by atoms with Crippen LogP contribution in [0.5, 0.6) is 0 Å². The molecule has 1 aromatic rings. The zero-order chi connectivity index (χ0) is 8.43. The average Bonchev–Trinajstić information content (AvgIpc) is 2.30. The van der Waals surface area contributed by atoms with Crippen molar-refractivity contribution in [2.45, 2.75) is 6.92 Å². The molecule has 0 radical (unpaired) electrons. The van der Waals surface area contributed by atoms with Crippen molar-refractivity contribution in [2.75, 3.05) is 0 Å². The maximum atomic E-state index is 4.12. The van der Waals surface area contributed by atoms with Gasteiger partial charge in [-0.3, -0.25) is 0 Å².